The zero-order valence-corrected chi connectivity index (χ0v) is 16.9. The Hall–Kier alpha value is -1.70. The summed E-state index contributed by atoms with van der Waals surface area (Å²) in [5.41, 5.74) is 1.13. The molecule has 0 radical (unpaired) electrons. The lowest BCUT2D eigenvalue weighted by molar-refractivity contribution is -0.0985. The number of ether oxygens (including phenoxy) is 1. The summed E-state index contributed by atoms with van der Waals surface area (Å²) < 4.78 is 6.46. The van der Waals surface area contributed by atoms with Gasteiger partial charge in [0.1, 0.15) is 11.9 Å². The van der Waals surface area contributed by atoms with Gasteiger partial charge in [-0.1, -0.05) is 11.3 Å². The van der Waals surface area contributed by atoms with Crippen LogP contribution in [0, 0.1) is 17.8 Å². The quantitative estimate of drug-likeness (QED) is 0.855. The third kappa shape index (κ3) is 3.09. The number of nitrogens with one attached hydrogen (secondary N) is 1. The molecule has 1 aliphatic carbocycles. The molecule has 5 aliphatic rings. The van der Waals surface area contributed by atoms with Crippen LogP contribution < -0.4 is 15.0 Å². The number of aromatic nitrogens is 2. The number of hydrogen-bond acceptors (Lipinski definition) is 7. The molecule has 28 heavy (non-hydrogen) atoms. The Morgan fingerprint density at radius 1 is 1.00 bits per heavy atom. The van der Waals surface area contributed by atoms with Crippen molar-refractivity contribution in [2.45, 2.75) is 18.9 Å². The second kappa shape index (κ2) is 6.97. The minimum absolute atomic E-state index is 0.361. The minimum atomic E-state index is 0.361. The van der Waals surface area contributed by atoms with E-state index in [2.05, 4.69) is 32.2 Å². The molecule has 5 fully saturated rings. The second-order valence-corrected chi connectivity index (χ2v) is 9.78. The Balaban J connectivity index is 1.15. The normalized spacial score (nSPS) is 34.0. The topological polar surface area (TPSA) is 53.5 Å². The van der Waals surface area contributed by atoms with Gasteiger partial charge < -0.3 is 19.9 Å². The number of nitrogens with zero attached hydrogens (tertiary/aromatic N) is 4. The van der Waals surface area contributed by atoms with Gasteiger partial charge in [-0.05, 0) is 30.9 Å². The zero-order valence-electron chi connectivity index (χ0n) is 16.1. The fourth-order valence-corrected chi connectivity index (χ4v) is 6.53. The van der Waals surface area contributed by atoms with Crippen molar-refractivity contribution in [3.8, 4) is 15.6 Å². The lowest BCUT2D eigenvalue weighted by Crippen LogP contribution is -2.61. The predicted octanol–water partition coefficient (Wildman–Crippen LogP) is 2.33. The van der Waals surface area contributed by atoms with E-state index in [4.69, 9.17) is 9.72 Å². The first-order valence-electron chi connectivity index (χ1n) is 10.6. The van der Waals surface area contributed by atoms with Crippen molar-refractivity contribution in [3.63, 3.8) is 0 Å². The summed E-state index contributed by atoms with van der Waals surface area (Å²) in [7, 11) is 0. The molecular formula is C21H27N5OS. The van der Waals surface area contributed by atoms with E-state index in [1.165, 1.54) is 32.5 Å². The monoisotopic (exact) mass is 397 g/mol. The summed E-state index contributed by atoms with van der Waals surface area (Å²) in [5.74, 6) is 3.36. The highest BCUT2D eigenvalue weighted by atomic mass is 32.1. The third-order valence-electron chi connectivity index (χ3n) is 6.90. The van der Waals surface area contributed by atoms with Gasteiger partial charge in [-0.15, -0.1) is 0 Å². The molecule has 1 saturated carbocycles. The zero-order chi connectivity index (χ0) is 18.5. The van der Waals surface area contributed by atoms with Gasteiger partial charge in [0.25, 0.3) is 5.19 Å². The van der Waals surface area contributed by atoms with Gasteiger partial charge >= 0.3 is 0 Å². The molecule has 6 nitrogen and oxygen atoms in total. The Kier molecular flexibility index (Phi) is 4.28. The summed E-state index contributed by atoms with van der Waals surface area (Å²) in [6, 6.07) is 4.30. The van der Waals surface area contributed by atoms with Gasteiger partial charge in [-0.25, -0.2) is 9.97 Å². The Morgan fingerprint density at radius 2 is 1.82 bits per heavy atom. The highest BCUT2D eigenvalue weighted by Gasteiger charge is 2.48. The molecule has 4 aliphatic heterocycles. The summed E-state index contributed by atoms with van der Waals surface area (Å²) in [6.45, 7) is 7.85. The van der Waals surface area contributed by atoms with Crippen LogP contribution in [0.4, 0.5) is 5.82 Å². The van der Waals surface area contributed by atoms with Crippen LogP contribution in [0.5, 0.6) is 5.19 Å². The number of piperidine rings is 3. The number of rotatable bonds is 4. The first kappa shape index (κ1) is 17.2. The van der Waals surface area contributed by atoms with E-state index >= 15 is 0 Å². The van der Waals surface area contributed by atoms with Gasteiger partial charge in [0.2, 0.25) is 0 Å². The van der Waals surface area contributed by atoms with E-state index < -0.39 is 0 Å². The van der Waals surface area contributed by atoms with Crippen molar-refractivity contribution in [2.75, 3.05) is 50.7 Å². The van der Waals surface area contributed by atoms with E-state index in [9.17, 15) is 0 Å². The van der Waals surface area contributed by atoms with Crippen LogP contribution in [0.2, 0.25) is 0 Å². The first-order chi connectivity index (χ1) is 13.8. The maximum Gasteiger partial charge on any atom is 0.274 e. The van der Waals surface area contributed by atoms with Crippen LogP contribution in [0.1, 0.15) is 12.8 Å². The Bertz CT molecular complexity index is 804. The highest BCUT2D eigenvalue weighted by molar-refractivity contribution is 7.16. The van der Waals surface area contributed by atoms with Gasteiger partial charge in [-0.3, -0.25) is 0 Å². The Labute approximate surface area is 169 Å². The highest BCUT2D eigenvalue weighted by Crippen LogP contribution is 2.45. The molecule has 2 aromatic rings. The summed E-state index contributed by atoms with van der Waals surface area (Å²) >= 11 is 1.66. The van der Waals surface area contributed by atoms with Crippen molar-refractivity contribution >= 4 is 17.2 Å². The molecule has 148 valence electrons. The van der Waals surface area contributed by atoms with Crippen LogP contribution >= 0.6 is 11.3 Å². The van der Waals surface area contributed by atoms with Gasteiger partial charge in [0.05, 0.1) is 4.88 Å². The van der Waals surface area contributed by atoms with E-state index in [1.807, 2.05) is 12.4 Å². The van der Waals surface area contributed by atoms with Gasteiger partial charge in [0.15, 0.2) is 0 Å². The SMILES string of the molecule is c1cc(N2CCNCC2)ncc1-c1cnc(OC2[C@H]3CC4C[C@H]2CN(C4)C3)s1. The molecule has 7 rings (SSSR count). The fourth-order valence-electron chi connectivity index (χ4n) is 5.73. The number of pyridine rings is 1. The molecule has 0 unspecified atom stereocenters. The third-order valence-corrected chi connectivity index (χ3v) is 7.84. The van der Waals surface area contributed by atoms with Crippen LogP contribution in [0.25, 0.3) is 10.4 Å². The van der Waals surface area contributed by atoms with E-state index in [0.29, 0.717) is 17.9 Å². The average molecular weight is 398 g/mol. The fraction of sp³-hybridized carbons (Fsp3) is 0.619. The van der Waals surface area contributed by atoms with Crippen molar-refractivity contribution in [1.29, 1.82) is 0 Å². The van der Waals surface area contributed by atoms with E-state index in [-0.39, 0.29) is 0 Å². The smallest absolute Gasteiger partial charge is 0.274 e. The van der Waals surface area contributed by atoms with E-state index in [0.717, 1.165) is 53.5 Å². The Morgan fingerprint density at radius 3 is 2.54 bits per heavy atom. The second-order valence-electron chi connectivity index (χ2n) is 8.79. The summed E-state index contributed by atoms with van der Waals surface area (Å²) in [5, 5.41) is 4.21. The number of piperazine rings is 1. The number of thiazole rings is 1. The lowest BCUT2D eigenvalue weighted by Gasteiger charge is -2.55. The van der Waals surface area contributed by atoms with E-state index in [1.54, 1.807) is 11.3 Å². The van der Waals surface area contributed by atoms with Crippen LogP contribution in [0.3, 0.4) is 0 Å². The predicted molar refractivity (Wildman–Crippen MR) is 111 cm³/mol. The lowest BCUT2D eigenvalue weighted by atomic mass is 9.66. The molecule has 7 heteroatoms. The molecule has 6 heterocycles. The number of hydrogen-bond donors (Lipinski definition) is 1. The van der Waals surface area contributed by atoms with Crippen LogP contribution in [-0.4, -0.2) is 66.8 Å². The van der Waals surface area contributed by atoms with Gasteiger partial charge in [0, 0.05) is 75.6 Å². The molecule has 4 bridgehead atoms. The maximum absolute atomic E-state index is 6.46. The van der Waals surface area contributed by atoms with Crippen molar-refractivity contribution < 1.29 is 4.74 Å². The summed E-state index contributed by atoms with van der Waals surface area (Å²) in [4.78, 5) is 15.4. The largest absolute Gasteiger partial charge is 0.466 e. The molecular weight excluding hydrogens is 370 g/mol. The maximum atomic E-state index is 6.46. The van der Waals surface area contributed by atoms with Crippen molar-refractivity contribution in [1.82, 2.24) is 20.2 Å². The average Bonchev–Trinajstić information content (AvgIpc) is 3.20. The van der Waals surface area contributed by atoms with Gasteiger partial charge in [-0.2, -0.15) is 0 Å². The molecule has 2 aromatic heterocycles. The molecule has 0 spiro atoms. The van der Waals surface area contributed by atoms with Crippen molar-refractivity contribution in [3.05, 3.63) is 24.5 Å². The molecule has 1 N–H and O–H groups in total. The summed E-state index contributed by atoms with van der Waals surface area (Å²) in [6.07, 6.45) is 6.96. The van der Waals surface area contributed by atoms with Crippen LogP contribution in [0.15, 0.2) is 24.5 Å². The molecule has 0 amide bonds. The molecule has 2 atom stereocenters. The number of anilines is 1. The van der Waals surface area contributed by atoms with Crippen LogP contribution in [-0.2, 0) is 0 Å². The molecule has 4 saturated heterocycles. The molecule has 0 aromatic carbocycles. The first-order valence-corrected chi connectivity index (χ1v) is 11.4. The standard InChI is InChI=1S/C21H27N5OS/c1-2-19(26-5-3-22-4-6-26)23-9-15(1)18-10-24-21(28-18)27-20-16-7-14-8-17(20)13-25(11-14)12-16/h1-2,9-10,14,16-17,20,22H,3-8,11-13H2/t14?,16-,17-,20?/m0/s1. The minimum Gasteiger partial charge on any atom is -0.466 e. The van der Waals surface area contributed by atoms with Crippen molar-refractivity contribution in [2.24, 2.45) is 17.8 Å².